The van der Waals surface area contributed by atoms with Gasteiger partial charge in [0.25, 0.3) is 0 Å². The fourth-order valence-electron chi connectivity index (χ4n) is 31.8. The second-order valence-electron chi connectivity index (χ2n) is 55.1. The normalized spacial score (nSPS) is 49.7. The van der Waals surface area contributed by atoms with Crippen molar-refractivity contribution >= 4 is 46.4 Å². The van der Waals surface area contributed by atoms with E-state index in [9.17, 15) is 52.7 Å². The highest BCUT2D eigenvalue weighted by Gasteiger charge is 2.51. The van der Waals surface area contributed by atoms with Crippen LogP contribution >= 0.6 is 46.4 Å². The van der Waals surface area contributed by atoms with Gasteiger partial charge in [0.15, 0.2) is 0 Å². The molecule has 0 heterocycles. The lowest BCUT2D eigenvalue weighted by atomic mass is 9.68. The van der Waals surface area contributed by atoms with Crippen molar-refractivity contribution in [2.24, 2.45) is 213 Å². The maximum atomic E-state index is 14.2. The van der Waals surface area contributed by atoms with Crippen molar-refractivity contribution in [3.05, 3.63) is 0 Å². The minimum atomic E-state index is -1.21. The van der Waals surface area contributed by atoms with Gasteiger partial charge in [-0.25, -0.2) is 52.7 Å². The van der Waals surface area contributed by atoms with E-state index in [-0.39, 0.29) is 95.4 Å². The van der Waals surface area contributed by atoms with Gasteiger partial charge in [-0.2, -0.15) is 0 Å². The Kier molecular flexibility index (Phi) is 54.0. The predicted octanol–water partition coefficient (Wildman–Crippen LogP) is 42.5. The van der Waals surface area contributed by atoms with Crippen molar-refractivity contribution in [1.29, 1.82) is 0 Å². The van der Waals surface area contributed by atoms with Crippen LogP contribution in [0.2, 0.25) is 0 Å². The number of halogens is 16. The molecule has 0 amide bonds. The van der Waals surface area contributed by atoms with Gasteiger partial charge in [0.05, 0.1) is 21.5 Å². The summed E-state index contributed by atoms with van der Waals surface area (Å²) in [5.74, 6) is 17.5. The molecule has 0 nitrogen and oxygen atoms in total. The lowest BCUT2D eigenvalue weighted by Crippen LogP contribution is -2.41. The predicted molar refractivity (Wildman–Crippen MR) is 588 cm³/mol. The maximum absolute atomic E-state index is 14.2. The summed E-state index contributed by atoms with van der Waals surface area (Å²) in [6.45, 7) is 38.8. The Morgan fingerprint density at radius 1 is 0.113 bits per heavy atom. The van der Waals surface area contributed by atoms with Crippen molar-refractivity contribution in [3.63, 3.8) is 0 Å². The van der Waals surface area contributed by atoms with Crippen molar-refractivity contribution in [2.75, 3.05) is 0 Å². The molecule has 16 heteroatoms. The van der Waals surface area contributed by atoms with Gasteiger partial charge in [-0.1, -0.05) is 253 Å². The first kappa shape index (κ1) is 124. The lowest BCUT2D eigenvalue weighted by Gasteiger charge is -2.41. The smallest absolute Gasteiger partial charge is 0.134 e. The lowest BCUT2D eigenvalue weighted by molar-refractivity contribution is -0.00577. The van der Waals surface area contributed by atoms with E-state index in [1.807, 2.05) is 41.5 Å². The molecule has 18 fully saturated rings. The molecule has 0 radical (unpaired) electrons. The van der Waals surface area contributed by atoms with Crippen LogP contribution in [0.3, 0.4) is 0 Å². The van der Waals surface area contributed by atoms with Crippen LogP contribution in [0.4, 0.5) is 52.7 Å². The zero-order valence-electron chi connectivity index (χ0n) is 93.7. The fourth-order valence-corrected chi connectivity index (χ4v) is 33.6. The molecular weight excluding hydrogens is 1880 g/mol. The molecule has 0 aromatic carbocycles. The molecule has 838 valence electrons. The molecule has 0 N–H and O–H groups in total. The Hall–Kier alpha value is 0.320. The molecule has 0 aromatic rings. The van der Waals surface area contributed by atoms with E-state index in [0.29, 0.717) is 71.0 Å². The molecule has 142 heavy (non-hydrogen) atoms. The van der Waals surface area contributed by atoms with Gasteiger partial charge in [0.1, 0.15) is 74.1 Å². The molecule has 0 aliphatic heterocycles. The summed E-state index contributed by atoms with van der Waals surface area (Å²) in [7, 11) is 0. The summed E-state index contributed by atoms with van der Waals surface area (Å²) in [5, 5.41) is -0.916. The Balaban J connectivity index is 0.000000198. The zero-order valence-corrected chi connectivity index (χ0v) is 96.7. The monoisotopic (exact) mass is 2100 g/mol. The molecule has 0 saturated heterocycles. The molecule has 0 spiro atoms. The van der Waals surface area contributed by atoms with Crippen LogP contribution in [-0.2, 0) is 0 Å². The third-order valence-corrected chi connectivity index (χ3v) is 46.3. The first-order valence-electron chi connectivity index (χ1n) is 61.7. The van der Waals surface area contributed by atoms with Crippen LogP contribution in [0.5, 0.6) is 0 Å². The van der Waals surface area contributed by atoms with E-state index in [1.165, 1.54) is 180 Å². The first-order valence-corrected chi connectivity index (χ1v) is 63.5. The third kappa shape index (κ3) is 36.7. The number of alkyl halides is 16. The van der Waals surface area contributed by atoms with Gasteiger partial charge in [0.2, 0.25) is 0 Å². The van der Waals surface area contributed by atoms with Crippen molar-refractivity contribution in [1.82, 2.24) is 0 Å². The highest BCUT2D eigenvalue weighted by atomic mass is 35.5. The summed E-state index contributed by atoms with van der Waals surface area (Å²) < 4.78 is 167. The molecule has 18 saturated carbocycles. The Bertz CT molecular complexity index is 2700. The van der Waals surface area contributed by atoms with E-state index < -0.39 is 74.1 Å². The molecule has 32 unspecified atom stereocenters. The number of hydrogen-bond donors (Lipinski definition) is 0. The minimum absolute atomic E-state index is 0. The van der Waals surface area contributed by atoms with Gasteiger partial charge in [-0.05, 0) is 444 Å². The van der Waals surface area contributed by atoms with E-state index in [4.69, 9.17) is 46.4 Å². The topological polar surface area (TPSA) is 0 Å². The summed E-state index contributed by atoms with van der Waals surface area (Å²) in [4.78, 5) is 0. The van der Waals surface area contributed by atoms with Gasteiger partial charge >= 0.3 is 0 Å². The molecule has 0 aromatic heterocycles. The maximum Gasteiger partial charge on any atom is 0.134 e. The van der Waals surface area contributed by atoms with Crippen molar-refractivity contribution in [3.8, 4) is 0 Å². The summed E-state index contributed by atoms with van der Waals surface area (Å²) in [6, 6.07) is 0. The Morgan fingerprint density at radius 2 is 0.232 bits per heavy atom. The van der Waals surface area contributed by atoms with Crippen LogP contribution in [0.15, 0.2) is 0 Å². The van der Waals surface area contributed by atoms with Gasteiger partial charge in [0, 0.05) is 2.85 Å². The van der Waals surface area contributed by atoms with Crippen LogP contribution in [0.1, 0.15) is 487 Å². The highest BCUT2D eigenvalue weighted by Crippen LogP contribution is 2.54. The van der Waals surface area contributed by atoms with Crippen LogP contribution in [0, 0.1) is 213 Å². The minimum Gasteiger partial charge on any atom is -0.246 e. The van der Waals surface area contributed by atoms with Gasteiger partial charge in [-0.15, -0.1) is 46.4 Å². The largest absolute Gasteiger partial charge is 0.246 e. The van der Waals surface area contributed by atoms with Gasteiger partial charge < -0.3 is 0 Å². The van der Waals surface area contributed by atoms with Crippen molar-refractivity contribution < 1.29 is 55.5 Å². The molecule has 0 bridgehead atoms. The quantitative estimate of drug-likeness (QED) is 0.159. The van der Waals surface area contributed by atoms with Crippen LogP contribution < -0.4 is 0 Å². The Morgan fingerprint density at radius 3 is 0.394 bits per heavy atom. The second kappa shape index (κ2) is 61.7. The van der Waals surface area contributed by atoms with Crippen LogP contribution in [0.25, 0.3) is 0 Å². The Labute approximate surface area is 888 Å². The zero-order chi connectivity index (χ0) is 104. The van der Waals surface area contributed by atoms with E-state index in [2.05, 4.69) is 83.1 Å². The number of rotatable bonds is 9. The van der Waals surface area contributed by atoms with Gasteiger partial charge in [-0.3, -0.25) is 0 Å². The summed E-state index contributed by atoms with van der Waals surface area (Å²) in [5.41, 5.74) is 0. The SMILES string of the molecule is CC1CCC(C2CCC(C)C(Cl)C2F)CC1.CC1CCC(C2CCC(C)C(Cl)C2F)CC1.CC1CCC(C2CCC(C)C(F)C2Cl)CC1.CC1CCC(C2CCC(C)C(F)C2Cl)CC1.CC1CCC(C2CCC(C)C(F)C2F)CC1.CC1CCC(C2CCC(C)C(F)C2F)CC1.CC1CCC(C2CCC(C)C(F)C2F)CC1.CC1CCC(C2CCC(C)C(F)C2F)CC1.CC1CCC(C2CCC(C)CC2)CC1.[HH].[HH]. The molecular formula is C126H222Cl4F12. The molecule has 32 atom stereocenters. The average Bonchev–Trinajstić information content (AvgIpc) is 0.892. The summed E-state index contributed by atoms with van der Waals surface area (Å²) >= 11 is 25.0. The fraction of sp³-hybridized carbons (Fsp3) is 1.00. The third-order valence-electron chi connectivity index (χ3n) is 43.8. The second-order valence-corrected chi connectivity index (χ2v) is 57.1. The molecule has 18 rings (SSSR count). The van der Waals surface area contributed by atoms with E-state index in [1.54, 1.807) is 25.7 Å². The highest BCUT2D eigenvalue weighted by molar-refractivity contribution is 6.22. The number of hydrogen-bond acceptors (Lipinski definition) is 0. The van der Waals surface area contributed by atoms with Crippen molar-refractivity contribution in [2.45, 2.75) is 580 Å². The standard InChI is InChI=1S/4C14H24ClF.4C14H24F2.C14H26.2H2/c2*1-9-3-6-11(7-4-9)12-8-5-10(2)14(16)13(12)15;6*1-9-3-6-11(7-4-9)12-8-5-10(2)13(15)14(12)16;1-11-3-7-13(8-4-11)14-9-5-12(2)6-10-14;;/h8*9-14H,3-8H2,1-2H3;11-14H,3-10H2,1-2H3;2*1H. The van der Waals surface area contributed by atoms with E-state index >= 15 is 0 Å². The summed E-state index contributed by atoms with van der Waals surface area (Å²) in [6.07, 6.45) is 54.4. The average molecular weight is 2110 g/mol. The first-order chi connectivity index (χ1) is 67.5. The van der Waals surface area contributed by atoms with Crippen LogP contribution in [-0.4, -0.2) is 95.6 Å². The molecule has 18 aliphatic rings. The molecule has 18 aliphatic carbocycles. The van der Waals surface area contributed by atoms with E-state index in [0.717, 1.165) is 225 Å².